The molecule has 0 aliphatic carbocycles. The van der Waals surface area contributed by atoms with Gasteiger partial charge in [0.1, 0.15) is 4.90 Å². The Morgan fingerprint density at radius 1 is 1.32 bits per heavy atom. The summed E-state index contributed by atoms with van der Waals surface area (Å²) < 4.78 is 31.8. The summed E-state index contributed by atoms with van der Waals surface area (Å²) in [7, 11) is -2.14. The quantitative estimate of drug-likeness (QED) is 0.763. The predicted molar refractivity (Wildman–Crippen MR) is 72.5 cm³/mol. The lowest BCUT2D eigenvalue weighted by Gasteiger charge is -2.24. The van der Waals surface area contributed by atoms with Crippen molar-refractivity contribution in [2.75, 3.05) is 25.6 Å². The van der Waals surface area contributed by atoms with E-state index in [9.17, 15) is 8.42 Å². The van der Waals surface area contributed by atoms with Crippen molar-refractivity contribution in [3.05, 3.63) is 12.4 Å². The number of anilines is 1. The molecule has 1 heterocycles. The maximum absolute atomic E-state index is 12.1. The Labute approximate surface area is 113 Å². The minimum Gasteiger partial charge on any atom is -0.383 e. The largest absolute Gasteiger partial charge is 0.383 e. The first-order valence-electron chi connectivity index (χ1n) is 5.89. The summed E-state index contributed by atoms with van der Waals surface area (Å²) in [6.07, 6.45) is 2.55. The number of ether oxygens (including phenoxy) is 1. The number of hydrogen-bond donors (Lipinski definition) is 2. The highest BCUT2D eigenvalue weighted by Crippen LogP contribution is 2.12. The molecule has 7 nitrogen and oxygen atoms in total. The lowest BCUT2D eigenvalue weighted by Crippen LogP contribution is -2.46. The Bertz CT molecular complexity index is 499. The summed E-state index contributed by atoms with van der Waals surface area (Å²) in [6.45, 7) is 6.32. The molecule has 0 atom stereocenters. The van der Waals surface area contributed by atoms with Crippen LogP contribution in [0.3, 0.4) is 0 Å². The lowest BCUT2D eigenvalue weighted by molar-refractivity contribution is 0.141. The van der Waals surface area contributed by atoms with Gasteiger partial charge in [0.15, 0.2) is 0 Å². The Kier molecular flexibility index (Phi) is 5.21. The Morgan fingerprint density at radius 3 is 2.37 bits per heavy atom. The first kappa shape index (κ1) is 15.8. The van der Waals surface area contributed by atoms with Crippen LogP contribution < -0.4 is 10.0 Å². The zero-order chi connectivity index (χ0) is 14.5. The fourth-order valence-corrected chi connectivity index (χ4v) is 2.80. The van der Waals surface area contributed by atoms with Crippen LogP contribution in [0.15, 0.2) is 17.3 Å². The second-order valence-electron chi connectivity index (χ2n) is 4.70. The molecule has 108 valence electrons. The van der Waals surface area contributed by atoms with Crippen LogP contribution in [-0.4, -0.2) is 44.2 Å². The average Bonchev–Trinajstić information content (AvgIpc) is 2.28. The summed E-state index contributed by atoms with van der Waals surface area (Å²) >= 11 is 0. The van der Waals surface area contributed by atoms with Crippen molar-refractivity contribution in [2.45, 2.75) is 31.2 Å². The standard InChI is InChI=1S/C11H20N4O3S/c1-5-12-10-13-6-9(7-14-10)19(16,17)15-11(2,3)8-18-4/h6-7,15H,5,8H2,1-4H3,(H,12,13,14). The molecule has 0 fully saturated rings. The highest BCUT2D eigenvalue weighted by molar-refractivity contribution is 7.89. The van der Waals surface area contributed by atoms with Crippen molar-refractivity contribution >= 4 is 16.0 Å². The normalized spacial score (nSPS) is 12.4. The van der Waals surface area contributed by atoms with Crippen LogP contribution in [0, 0.1) is 0 Å². The van der Waals surface area contributed by atoms with Crippen LogP contribution in [0.2, 0.25) is 0 Å². The van der Waals surface area contributed by atoms with Gasteiger partial charge in [-0.3, -0.25) is 0 Å². The second-order valence-corrected chi connectivity index (χ2v) is 6.38. The molecule has 0 amide bonds. The molecule has 19 heavy (non-hydrogen) atoms. The number of methoxy groups -OCH3 is 1. The van der Waals surface area contributed by atoms with E-state index < -0.39 is 15.6 Å². The Hall–Kier alpha value is -1.25. The van der Waals surface area contributed by atoms with Crippen LogP contribution in [0.4, 0.5) is 5.95 Å². The van der Waals surface area contributed by atoms with Gasteiger partial charge in [-0.15, -0.1) is 0 Å². The topological polar surface area (TPSA) is 93.2 Å². The third kappa shape index (κ3) is 4.73. The van der Waals surface area contributed by atoms with Crippen molar-refractivity contribution in [2.24, 2.45) is 0 Å². The molecule has 1 rings (SSSR count). The van der Waals surface area contributed by atoms with E-state index in [4.69, 9.17) is 4.74 Å². The monoisotopic (exact) mass is 288 g/mol. The van der Waals surface area contributed by atoms with Gasteiger partial charge in [-0.2, -0.15) is 0 Å². The van der Waals surface area contributed by atoms with Gasteiger partial charge < -0.3 is 10.1 Å². The molecular weight excluding hydrogens is 268 g/mol. The zero-order valence-electron chi connectivity index (χ0n) is 11.6. The summed E-state index contributed by atoms with van der Waals surface area (Å²) in [5.41, 5.74) is -0.700. The summed E-state index contributed by atoms with van der Waals surface area (Å²) in [5.74, 6) is 0.401. The molecule has 1 aromatic heterocycles. The van der Waals surface area contributed by atoms with Gasteiger partial charge in [0, 0.05) is 13.7 Å². The smallest absolute Gasteiger partial charge is 0.244 e. The molecule has 0 unspecified atom stereocenters. The van der Waals surface area contributed by atoms with Crippen LogP contribution in [0.5, 0.6) is 0 Å². The summed E-state index contributed by atoms with van der Waals surface area (Å²) in [4.78, 5) is 7.90. The first-order valence-corrected chi connectivity index (χ1v) is 7.38. The van der Waals surface area contributed by atoms with E-state index in [1.165, 1.54) is 19.5 Å². The van der Waals surface area contributed by atoms with Crippen molar-refractivity contribution < 1.29 is 13.2 Å². The number of nitrogens with one attached hydrogen (secondary N) is 2. The molecule has 0 radical (unpaired) electrons. The first-order chi connectivity index (χ1) is 8.80. The minimum atomic E-state index is -3.65. The molecule has 1 aromatic rings. The van der Waals surface area contributed by atoms with E-state index in [-0.39, 0.29) is 11.5 Å². The third-order valence-corrected chi connectivity index (χ3v) is 3.84. The van der Waals surface area contributed by atoms with E-state index in [2.05, 4.69) is 20.0 Å². The minimum absolute atomic E-state index is 0.0262. The van der Waals surface area contributed by atoms with Gasteiger partial charge in [-0.05, 0) is 20.8 Å². The van der Waals surface area contributed by atoms with E-state index >= 15 is 0 Å². The van der Waals surface area contributed by atoms with Crippen molar-refractivity contribution in [1.82, 2.24) is 14.7 Å². The molecule has 0 bridgehead atoms. The molecule has 2 N–H and O–H groups in total. The zero-order valence-corrected chi connectivity index (χ0v) is 12.4. The molecule has 0 spiro atoms. The number of rotatable bonds is 7. The number of hydrogen-bond acceptors (Lipinski definition) is 6. The third-order valence-electron chi connectivity index (χ3n) is 2.19. The van der Waals surface area contributed by atoms with E-state index in [1.54, 1.807) is 13.8 Å². The van der Waals surface area contributed by atoms with Crippen LogP contribution in [-0.2, 0) is 14.8 Å². The van der Waals surface area contributed by atoms with E-state index in [0.717, 1.165) is 0 Å². The fourth-order valence-electron chi connectivity index (χ4n) is 1.52. The molecular formula is C11H20N4O3S. The molecule has 0 aliphatic rings. The van der Waals surface area contributed by atoms with Gasteiger partial charge in [0.25, 0.3) is 0 Å². The number of nitrogens with zero attached hydrogens (tertiary/aromatic N) is 2. The van der Waals surface area contributed by atoms with Crippen LogP contribution in [0.25, 0.3) is 0 Å². The summed E-state index contributed by atoms with van der Waals surface area (Å²) in [5, 5.41) is 2.90. The summed E-state index contributed by atoms with van der Waals surface area (Å²) in [6, 6.07) is 0. The van der Waals surface area contributed by atoms with Gasteiger partial charge >= 0.3 is 0 Å². The highest BCUT2D eigenvalue weighted by Gasteiger charge is 2.26. The van der Waals surface area contributed by atoms with Crippen molar-refractivity contribution in [3.8, 4) is 0 Å². The number of sulfonamides is 1. The Morgan fingerprint density at radius 2 is 1.89 bits per heavy atom. The molecule has 0 saturated carbocycles. The lowest BCUT2D eigenvalue weighted by atomic mass is 10.1. The van der Waals surface area contributed by atoms with Crippen molar-refractivity contribution in [3.63, 3.8) is 0 Å². The molecule has 0 saturated heterocycles. The molecule has 8 heteroatoms. The average molecular weight is 288 g/mol. The van der Waals surface area contributed by atoms with Crippen molar-refractivity contribution in [1.29, 1.82) is 0 Å². The Balaban J connectivity index is 2.88. The molecule has 0 aromatic carbocycles. The van der Waals surface area contributed by atoms with Crippen LogP contribution in [0.1, 0.15) is 20.8 Å². The predicted octanol–water partition coefficient (Wildman–Crippen LogP) is 0.612. The van der Waals surface area contributed by atoms with Gasteiger partial charge in [0.05, 0.1) is 24.5 Å². The highest BCUT2D eigenvalue weighted by atomic mass is 32.2. The van der Waals surface area contributed by atoms with E-state index in [0.29, 0.717) is 12.5 Å². The maximum atomic E-state index is 12.1. The van der Waals surface area contributed by atoms with Crippen LogP contribution >= 0.6 is 0 Å². The second kappa shape index (κ2) is 6.27. The van der Waals surface area contributed by atoms with Gasteiger partial charge in [-0.25, -0.2) is 23.1 Å². The number of aromatic nitrogens is 2. The fraction of sp³-hybridized carbons (Fsp3) is 0.636. The SMILES string of the molecule is CCNc1ncc(S(=O)(=O)NC(C)(C)COC)cn1. The molecule has 0 aliphatic heterocycles. The van der Waals surface area contributed by atoms with Gasteiger partial charge in [-0.1, -0.05) is 0 Å². The van der Waals surface area contributed by atoms with Gasteiger partial charge in [0.2, 0.25) is 16.0 Å². The maximum Gasteiger partial charge on any atom is 0.244 e. The van der Waals surface area contributed by atoms with E-state index in [1.807, 2.05) is 6.92 Å².